The first kappa shape index (κ1) is 19.1. The number of Topliss-reactive ketones (excluding diaryl/α,β-unsaturated/α-hetero) is 1. The topological polar surface area (TPSA) is 73.9 Å². The molecule has 1 aliphatic heterocycles. The Labute approximate surface area is 152 Å². The molecule has 0 radical (unpaired) electrons. The average molecular weight is 368 g/mol. The normalized spacial score (nSPS) is 15.6. The van der Waals surface area contributed by atoms with Crippen LogP contribution in [0.4, 0.5) is 4.79 Å². The molecule has 25 heavy (non-hydrogen) atoms. The van der Waals surface area contributed by atoms with Gasteiger partial charge in [-0.05, 0) is 45.4 Å². The fourth-order valence-electron chi connectivity index (χ4n) is 2.36. The van der Waals surface area contributed by atoms with E-state index in [-0.39, 0.29) is 23.9 Å². The van der Waals surface area contributed by atoms with Crippen LogP contribution in [0.25, 0.3) is 0 Å². The molecule has 1 aromatic carbocycles. The van der Waals surface area contributed by atoms with Crippen molar-refractivity contribution in [2.45, 2.75) is 39.3 Å². The lowest BCUT2D eigenvalue weighted by Crippen LogP contribution is -2.36. The standard InChI is InChI=1S/C18H22ClNO5/c1-5-23-16-14(13(21)10-24-16)15(11-7-6-8-12(19)9-11)20-17(22)25-18(2,3)4/h6-9,15H,5,10H2,1-4H3,(H,20,22)/t15-/m0/s1. The maximum atomic E-state index is 12.3. The number of alkyl carbamates (subject to hydrolysis) is 1. The molecule has 1 aliphatic rings. The van der Waals surface area contributed by atoms with Gasteiger partial charge in [0, 0.05) is 5.02 Å². The van der Waals surface area contributed by atoms with E-state index >= 15 is 0 Å². The zero-order valence-electron chi connectivity index (χ0n) is 14.7. The van der Waals surface area contributed by atoms with Crippen LogP contribution >= 0.6 is 11.6 Å². The van der Waals surface area contributed by atoms with Crippen molar-refractivity contribution in [2.75, 3.05) is 13.2 Å². The average Bonchev–Trinajstić information content (AvgIpc) is 2.84. The minimum absolute atomic E-state index is 0.119. The molecule has 0 saturated heterocycles. The molecule has 7 heteroatoms. The Morgan fingerprint density at radius 1 is 1.40 bits per heavy atom. The van der Waals surface area contributed by atoms with Crippen LogP contribution in [0.15, 0.2) is 35.8 Å². The number of carbonyl (C=O) groups excluding carboxylic acids is 2. The van der Waals surface area contributed by atoms with Crippen LogP contribution in [-0.4, -0.2) is 30.7 Å². The van der Waals surface area contributed by atoms with Gasteiger partial charge < -0.3 is 19.5 Å². The maximum absolute atomic E-state index is 12.3. The number of rotatable bonds is 5. The summed E-state index contributed by atoms with van der Waals surface area (Å²) in [6.45, 7) is 7.27. The molecular formula is C18H22ClNO5. The molecule has 1 aromatic rings. The molecule has 136 valence electrons. The van der Waals surface area contributed by atoms with Crippen molar-refractivity contribution in [1.82, 2.24) is 5.32 Å². The van der Waals surface area contributed by atoms with E-state index in [1.807, 2.05) is 0 Å². The molecule has 0 spiro atoms. The summed E-state index contributed by atoms with van der Waals surface area (Å²) in [5.74, 6) is -0.141. The summed E-state index contributed by atoms with van der Waals surface area (Å²) < 4.78 is 16.0. The summed E-state index contributed by atoms with van der Waals surface area (Å²) in [4.78, 5) is 24.6. The number of benzene rings is 1. The van der Waals surface area contributed by atoms with Gasteiger partial charge >= 0.3 is 6.09 Å². The van der Waals surface area contributed by atoms with E-state index in [4.69, 9.17) is 25.8 Å². The van der Waals surface area contributed by atoms with E-state index in [2.05, 4.69) is 5.32 Å². The third-order valence-electron chi connectivity index (χ3n) is 3.26. The van der Waals surface area contributed by atoms with Gasteiger partial charge in [-0.15, -0.1) is 0 Å². The van der Waals surface area contributed by atoms with Crippen molar-refractivity contribution in [1.29, 1.82) is 0 Å². The van der Waals surface area contributed by atoms with Gasteiger partial charge in [-0.3, -0.25) is 4.79 Å². The Morgan fingerprint density at radius 2 is 2.12 bits per heavy atom. The van der Waals surface area contributed by atoms with Gasteiger partial charge in [-0.1, -0.05) is 23.7 Å². The maximum Gasteiger partial charge on any atom is 0.408 e. The smallest absolute Gasteiger partial charge is 0.408 e. The molecule has 2 rings (SSSR count). The predicted octanol–water partition coefficient (Wildman–Crippen LogP) is 3.75. The number of hydrogen-bond acceptors (Lipinski definition) is 5. The van der Waals surface area contributed by atoms with Gasteiger partial charge in [-0.25, -0.2) is 4.79 Å². The second kappa shape index (κ2) is 7.78. The van der Waals surface area contributed by atoms with Crippen LogP contribution in [0.3, 0.4) is 0 Å². The molecular weight excluding hydrogens is 346 g/mol. The monoisotopic (exact) mass is 367 g/mol. The first-order valence-corrected chi connectivity index (χ1v) is 8.37. The largest absolute Gasteiger partial charge is 0.465 e. The third kappa shape index (κ3) is 5.13. The summed E-state index contributed by atoms with van der Waals surface area (Å²) in [5, 5.41) is 3.20. The lowest BCUT2D eigenvalue weighted by Gasteiger charge is -2.24. The second-order valence-electron chi connectivity index (χ2n) is 6.48. The Hall–Kier alpha value is -2.21. The van der Waals surface area contributed by atoms with Gasteiger partial charge in [-0.2, -0.15) is 0 Å². The van der Waals surface area contributed by atoms with Crippen LogP contribution < -0.4 is 5.32 Å². The number of halogens is 1. The Bertz CT molecular complexity index is 693. The highest BCUT2D eigenvalue weighted by molar-refractivity contribution is 6.30. The van der Waals surface area contributed by atoms with Gasteiger partial charge in [0.2, 0.25) is 5.78 Å². The minimum atomic E-state index is -0.787. The first-order valence-electron chi connectivity index (χ1n) is 7.99. The summed E-state index contributed by atoms with van der Waals surface area (Å²) in [5.41, 5.74) is 0.204. The van der Waals surface area contributed by atoms with E-state index in [0.717, 1.165) is 0 Å². The molecule has 1 heterocycles. The fraction of sp³-hybridized carbons (Fsp3) is 0.444. The summed E-state index contributed by atoms with van der Waals surface area (Å²) in [6, 6.07) is 6.09. The molecule has 0 aliphatic carbocycles. The number of amides is 1. The van der Waals surface area contributed by atoms with Crippen molar-refractivity contribution in [2.24, 2.45) is 0 Å². The van der Waals surface area contributed by atoms with Gasteiger partial charge in [0.15, 0.2) is 6.61 Å². The van der Waals surface area contributed by atoms with E-state index in [9.17, 15) is 9.59 Å². The molecule has 6 nitrogen and oxygen atoms in total. The zero-order chi connectivity index (χ0) is 18.6. The zero-order valence-corrected chi connectivity index (χ0v) is 15.5. The number of carbonyl (C=O) groups is 2. The minimum Gasteiger partial charge on any atom is -0.465 e. The molecule has 1 amide bonds. The van der Waals surface area contributed by atoms with Crippen molar-refractivity contribution < 1.29 is 23.8 Å². The lowest BCUT2D eigenvalue weighted by molar-refractivity contribution is -0.117. The Kier molecular flexibility index (Phi) is 5.95. The number of ketones is 1. The van der Waals surface area contributed by atoms with Gasteiger partial charge in [0.1, 0.15) is 11.2 Å². The third-order valence-corrected chi connectivity index (χ3v) is 3.50. The molecule has 1 N–H and O–H groups in total. The highest BCUT2D eigenvalue weighted by Gasteiger charge is 2.36. The molecule has 0 bridgehead atoms. The van der Waals surface area contributed by atoms with E-state index in [1.54, 1.807) is 52.0 Å². The summed E-state index contributed by atoms with van der Waals surface area (Å²) in [6.07, 6.45) is -0.652. The van der Waals surface area contributed by atoms with Gasteiger partial charge in [0.05, 0.1) is 12.6 Å². The summed E-state index contributed by atoms with van der Waals surface area (Å²) >= 11 is 6.07. The summed E-state index contributed by atoms with van der Waals surface area (Å²) in [7, 11) is 0. The van der Waals surface area contributed by atoms with Crippen molar-refractivity contribution in [3.05, 3.63) is 46.4 Å². The van der Waals surface area contributed by atoms with Gasteiger partial charge in [0.25, 0.3) is 5.95 Å². The Balaban J connectivity index is 2.40. The highest BCUT2D eigenvalue weighted by atomic mass is 35.5. The Morgan fingerprint density at radius 3 is 2.72 bits per heavy atom. The number of hydrogen-bond donors (Lipinski definition) is 1. The molecule has 1 atom stereocenters. The van der Waals surface area contributed by atoms with Crippen LogP contribution in [-0.2, 0) is 19.0 Å². The van der Waals surface area contributed by atoms with E-state index in [0.29, 0.717) is 17.2 Å². The van der Waals surface area contributed by atoms with Crippen molar-refractivity contribution >= 4 is 23.5 Å². The van der Waals surface area contributed by atoms with E-state index in [1.165, 1.54) is 0 Å². The van der Waals surface area contributed by atoms with E-state index < -0.39 is 17.7 Å². The molecule has 0 aromatic heterocycles. The van der Waals surface area contributed by atoms with Crippen molar-refractivity contribution in [3.63, 3.8) is 0 Å². The fourth-order valence-corrected chi connectivity index (χ4v) is 2.56. The lowest BCUT2D eigenvalue weighted by atomic mass is 9.97. The first-order chi connectivity index (χ1) is 11.7. The van der Waals surface area contributed by atoms with Crippen LogP contribution in [0.5, 0.6) is 0 Å². The molecule has 0 unspecified atom stereocenters. The highest BCUT2D eigenvalue weighted by Crippen LogP contribution is 2.31. The molecule has 0 fully saturated rings. The number of nitrogens with one attached hydrogen (secondary N) is 1. The SMILES string of the molecule is CCOC1=C([C@@H](NC(=O)OC(C)(C)C)c2cccc(Cl)c2)C(=O)CO1. The van der Waals surface area contributed by atoms with Crippen LogP contribution in [0, 0.1) is 0 Å². The quantitative estimate of drug-likeness (QED) is 0.857. The molecule has 0 saturated carbocycles. The van der Waals surface area contributed by atoms with Crippen LogP contribution in [0.1, 0.15) is 39.3 Å². The van der Waals surface area contributed by atoms with Crippen molar-refractivity contribution in [3.8, 4) is 0 Å². The number of ether oxygens (including phenoxy) is 3. The predicted molar refractivity (Wildman–Crippen MR) is 93.2 cm³/mol. The van der Waals surface area contributed by atoms with Crippen LogP contribution in [0.2, 0.25) is 5.02 Å². The second-order valence-corrected chi connectivity index (χ2v) is 6.92.